The van der Waals surface area contributed by atoms with E-state index in [1.54, 1.807) is 18.4 Å². The lowest BCUT2D eigenvalue weighted by molar-refractivity contribution is -0.0907. The molecule has 5 atom stereocenters. The number of aliphatic hydroxyl groups excluding tert-OH is 1. The zero-order valence-corrected chi connectivity index (χ0v) is 30.0. The number of furan rings is 1. The summed E-state index contributed by atoms with van der Waals surface area (Å²) < 4.78 is 57.8. The Kier molecular flexibility index (Phi) is 10.9. The van der Waals surface area contributed by atoms with Gasteiger partial charge in [0, 0.05) is 37.0 Å². The van der Waals surface area contributed by atoms with Crippen LogP contribution in [0.5, 0.6) is 0 Å². The third kappa shape index (κ3) is 8.17. The van der Waals surface area contributed by atoms with Crippen LogP contribution in [0.1, 0.15) is 37.1 Å². The predicted molar refractivity (Wildman–Crippen MR) is 192 cm³/mol. The van der Waals surface area contributed by atoms with E-state index in [1.165, 1.54) is 10.4 Å². The van der Waals surface area contributed by atoms with Crippen molar-refractivity contribution in [2.45, 2.75) is 69.2 Å². The molecule has 0 radical (unpaired) electrons. The SMILES string of the molecule is CC(C)CN(C[C@@H](O)[C@H](Cc1ccccc1)NC(=O)O[C@H]1CO[C@H]2OCC[C@H]21)S(=O)(=O)c1ccc2onc(CNCc3ccc4occc4c3)c2c1. The Morgan fingerprint density at radius 1 is 1.00 bits per heavy atom. The molecule has 0 bridgehead atoms. The summed E-state index contributed by atoms with van der Waals surface area (Å²) in [5.41, 5.74) is 3.77. The van der Waals surface area contributed by atoms with E-state index >= 15 is 0 Å². The van der Waals surface area contributed by atoms with Crippen molar-refractivity contribution in [2.75, 3.05) is 26.3 Å². The maximum atomic E-state index is 14.3. The number of carbonyl (C=O) groups is 1. The summed E-state index contributed by atoms with van der Waals surface area (Å²) in [5, 5.41) is 23.7. The number of carbonyl (C=O) groups excluding carboxylic acids is 1. The van der Waals surface area contributed by atoms with Gasteiger partial charge in [0.25, 0.3) is 0 Å². The second-order valence-corrected chi connectivity index (χ2v) is 15.8. The van der Waals surface area contributed by atoms with E-state index in [2.05, 4.69) is 15.8 Å². The second kappa shape index (κ2) is 15.7. The van der Waals surface area contributed by atoms with Crippen LogP contribution < -0.4 is 10.6 Å². The van der Waals surface area contributed by atoms with Crippen molar-refractivity contribution in [2.24, 2.45) is 11.8 Å². The minimum Gasteiger partial charge on any atom is -0.464 e. The summed E-state index contributed by atoms with van der Waals surface area (Å²) >= 11 is 0. The van der Waals surface area contributed by atoms with Gasteiger partial charge in [-0.15, -0.1) is 0 Å². The second-order valence-electron chi connectivity index (χ2n) is 13.9. The molecule has 2 aromatic heterocycles. The monoisotopic (exact) mass is 732 g/mol. The molecule has 3 aromatic carbocycles. The molecule has 5 aromatic rings. The van der Waals surface area contributed by atoms with Crippen LogP contribution in [0.3, 0.4) is 0 Å². The molecule has 2 saturated heterocycles. The van der Waals surface area contributed by atoms with Crippen LogP contribution >= 0.6 is 0 Å². The first-order valence-electron chi connectivity index (χ1n) is 17.6. The third-order valence-corrected chi connectivity index (χ3v) is 11.4. The third-order valence-electron chi connectivity index (χ3n) is 9.56. The topological polar surface area (TPSA) is 166 Å². The number of hydrogen-bond acceptors (Lipinski definition) is 11. The number of amides is 1. The molecule has 2 aliphatic rings. The molecule has 13 nitrogen and oxygen atoms in total. The fraction of sp³-hybridized carbons (Fsp3) is 0.421. The first-order valence-corrected chi connectivity index (χ1v) is 19.1. The molecule has 0 aliphatic carbocycles. The number of nitrogens with one attached hydrogen (secondary N) is 2. The van der Waals surface area contributed by atoms with E-state index in [1.807, 2.05) is 68.4 Å². The fourth-order valence-electron chi connectivity index (χ4n) is 6.89. The van der Waals surface area contributed by atoms with Crippen LogP contribution in [0.25, 0.3) is 21.9 Å². The molecular weight excluding hydrogens is 689 g/mol. The summed E-state index contributed by atoms with van der Waals surface area (Å²) in [6.07, 6.45) is -0.207. The van der Waals surface area contributed by atoms with Gasteiger partial charge in [-0.1, -0.05) is 55.4 Å². The summed E-state index contributed by atoms with van der Waals surface area (Å²) in [6.45, 7) is 5.37. The molecule has 7 rings (SSSR count). The van der Waals surface area contributed by atoms with Crippen molar-refractivity contribution in [1.82, 2.24) is 20.1 Å². The lowest BCUT2D eigenvalue weighted by atomic mass is 10.0. The summed E-state index contributed by atoms with van der Waals surface area (Å²) in [7, 11) is -4.12. The quantitative estimate of drug-likeness (QED) is 0.133. The standard InChI is InChI=1S/C38H44N4O9S/c1-24(2)21-42(22-33(43)31(17-25-6-4-3-5-7-25)40-38(44)50-36-23-49-37-29(36)13-15-48-37)52(45,46)28-9-11-35-30(18-28)32(41-51-35)20-39-19-26-8-10-34-27(16-26)12-14-47-34/h3-12,14,16,18,24,29,31,33,36-37,39,43H,13,15,17,19-23H2,1-2H3,(H,40,44)/t29-,31-,33+,36-,37+/m0/s1. The van der Waals surface area contributed by atoms with E-state index in [4.69, 9.17) is 23.2 Å². The van der Waals surface area contributed by atoms with Gasteiger partial charge in [0.1, 0.15) is 17.4 Å². The Bertz CT molecular complexity index is 2080. The van der Waals surface area contributed by atoms with Crippen molar-refractivity contribution < 1.29 is 41.5 Å². The van der Waals surface area contributed by atoms with Crippen LogP contribution in [0.4, 0.5) is 4.79 Å². The zero-order valence-electron chi connectivity index (χ0n) is 29.1. The molecule has 1 amide bonds. The number of sulfonamides is 1. The summed E-state index contributed by atoms with van der Waals surface area (Å²) in [4.78, 5) is 13.3. The van der Waals surface area contributed by atoms with Crippen molar-refractivity contribution in [3.05, 3.63) is 95.9 Å². The maximum absolute atomic E-state index is 14.3. The predicted octanol–water partition coefficient (Wildman–Crippen LogP) is 4.97. The smallest absolute Gasteiger partial charge is 0.407 e. The highest BCUT2D eigenvalue weighted by atomic mass is 32.2. The van der Waals surface area contributed by atoms with Gasteiger partial charge in [-0.25, -0.2) is 13.2 Å². The molecule has 0 spiro atoms. The Labute approximate surface area is 302 Å². The molecule has 2 fully saturated rings. The average molecular weight is 733 g/mol. The Morgan fingerprint density at radius 2 is 1.83 bits per heavy atom. The molecule has 0 unspecified atom stereocenters. The highest BCUT2D eigenvalue weighted by molar-refractivity contribution is 7.89. The van der Waals surface area contributed by atoms with E-state index in [9.17, 15) is 18.3 Å². The number of rotatable bonds is 15. The van der Waals surface area contributed by atoms with E-state index in [0.717, 1.165) is 28.5 Å². The number of ether oxygens (including phenoxy) is 3. The van der Waals surface area contributed by atoms with Crippen molar-refractivity contribution in [3.8, 4) is 0 Å². The van der Waals surface area contributed by atoms with Gasteiger partial charge in [-0.3, -0.25) is 0 Å². The van der Waals surface area contributed by atoms with Crippen LogP contribution in [-0.2, 0) is 43.7 Å². The van der Waals surface area contributed by atoms with Gasteiger partial charge < -0.3 is 38.9 Å². The molecule has 4 heterocycles. The average Bonchev–Trinajstić information content (AvgIpc) is 3.94. The highest BCUT2D eigenvalue weighted by Gasteiger charge is 2.44. The van der Waals surface area contributed by atoms with E-state index < -0.39 is 34.4 Å². The van der Waals surface area contributed by atoms with Gasteiger partial charge in [-0.05, 0) is 66.3 Å². The number of nitrogens with zero attached hydrogens (tertiary/aromatic N) is 2. The lowest BCUT2D eigenvalue weighted by Crippen LogP contribution is -2.51. The Hall–Kier alpha value is -4.31. The minimum atomic E-state index is -4.12. The molecule has 0 saturated carbocycles. The number of fused-ring (bicyclic) bond motifs is 3. The zero-order chi connectivity index (χ0) is 36.2. The number of hydrogen-bond donors (Lipinski definition) is 3. The molecule has 14 heteroatoms. The number of alkyl carbamates (subject to hydrolysis) is 1. The highest BCUT2D eigenvalue weighted by Crippen LogP contribution is 2.33. The Balaban J connectivity index is 1.07. The number of benzene rings is 3. The van der Waals surface area contributed by atoms with Crippen LogP contribution in [0.15, 0.2) is 92.9 Å². The van der Waals surface area contributed by atoms with Crippen molar-refractivity contribution in [1.29, 1.82) is 0 Å². The molecule has 3 N–H and O–H groups in total. The van der Waals surface area contributed by atoms with E-state index in [0.29, 0.717) is 36.4 Å². The molecule has 2 aliphatic heterocycles. The number of aliphatic hydroxyl groups is 1. The Morgan fingerprint density at radius 3 is 2.65 bits per heavy atom. The number of aromatic nitrogens is 1. The van der Waals surface area contributed by atoms with Gasteiger partial charge in [0.15, 0.2) is 11.9 Å². The van der Waals surface area contributed by atoms with Gasteiger partial charge in [-0.2, -0.15) is 4.31 Å². The van der Waals surface area contributed by atoms with Crippen LogP contribution in [0, 0.1) is 11.8 Å². The first-order chi connectivity index (χ1) is 25.1. The summed E-state index contributed by atoms with van der Waals surface area (Å²) in [5.74, 6) is -0.108. The van der Waals surface area contributed by atoms with Crippen molar-refractivity contribution >= 4 is 38.1 Å². The molecule has 52 heavy (non-hydrogen) atoms. The normalized spacial score (nSPS) is 20.1. The summed E-state index contributed by atoms with van der Waals surface area (Å²) in [6, 6.07) is 21.0. The van der Waals surface area contributed by atoms with E-state index in [-0.39, 0.29) is 49.1 Å². The molecule has 276 valence electrons. The largest absolute Gasteiger partial charge is 0.464 e. The lowest BCUT2D eigenvalue weighted by Gasteiger charge is -2.31. The maximum Gasteiger partial charge on any atom is 0.407 e. The fourth-order valence-corrected chi connectivity index (χ4v) is 8.54. The van der Waals surface area contributed by atoms with Gasteiger partial charge >= 0.3 is 6.09 Å². The minimum absolute atomic E-state index is 0.0456. The first kappa shape index (κ1) is 36.1. The van der Waals surface area contributed by atoms with Crippen molar-refractivity contribution in [3.63, 3.8) is 0 Å². The molecular formula is C38H44N4O9S. The van der Waals surface area contributed by atoms with Gasteiger partial charge in [0.05, 0.1) is 42.4 Å². The van der Waals surface area contributed by atoms with Crippen LogP contribution in [0.2, 0.25) is 0 Å². The van der Waals surface area contributed by atoms with Crippen LogP contribution in [-0.4, -0.2) is 79.9 Å². The van der Waals surface area contributed by atoms with Gasteiger partial charge in [0.2, 0.25) is 10.0 Å².